The molecule has 0 aromatic heterocycles. The van der Waals surface area contributed by atoms with Gasteiger partial charge in [0.2, 0.25) is 0 Å². The summed E-state index contributed by atoms with van der Waals surface area (Å²) in [5.74, 6) is 0.814. The molecule has 0 unspecified atom stereocenters. The molecule has 3 radical (unpaired) electrons. The van der Waals surface area contributed by atoms with Gasteiger partial charge in [0.05, 0.1) is 6.54 Å². The molecule has 0 spiro atoms. The molecule has 0 bridgehead atoms. The Hall–Kier alpha value is 1.27. The second kappa shape index (κ2) is 9.81. The molecule has 3 N–H and O–H groups in total. The number of nitrogens with zero attached hydrogens (tertiary/aromatic N) is 2. The average molecular weight is 221 g/mol. The molecule has 6 heteroatoms. The van der Waals surface area contributed by atoms with E-state index in [2.05, 4.69) is 21.3 Å². The van der Waals surface area contributed by atoms with Crippen LogP contribution in [0, 0.1) is 5.41 Å². The number of amidine groups is 2. The molecule has 0 aliphatic heterocycles. The first kappa shape index (κ1) is 16.7. The van der Waals surface area contributed by atoms with Gasteiger partial charge in [0.15, 0.2) is 0 Å². The van der Waals surface area contributed by atoms with Gasteiger partial charge in [0, 0.05) is 51.4 Å². The normalized spacial score (nSPS) is 11.2. The zero-order valence-electron chi connectivity index (χ0n) is 8.67. The Morgan fingerprint density at radius 2 is 2.15 bits per heavy atom. The van der Waals surface area contributed by atoms with Crippen LogP contribution in [-0.2, 0) is 0 Å². The third-order valence-electron chi connectivity index (χ3n) is 1.44. The fourth-order valence-electron chi connectivity index (χ4n) is 0.643. The first-order valence-electron chi connectivity index (χ1n) is 3.89. The summed E-state index contributed by atoms with van der Waals surface area (Å²) >= 11 is 2.44. The maximum atomic E-state index is 7.26. The first-order valence-corrected chi connectivity index (χ1v) is 4.70. The van der Waals surface area contributed by atoms with E-state index >= 15 is 0 Å². The number of likely N-dealkylation sites (N-methyl/N-ethyl adjacent to an activating group) is 1. The van der Waals surface area contributed by atoms with Crippen LogP contribution in [0.15, 0.2) is 4.99 Å². The van der Waals surface area contributed by atoms with Crippen molar-refractivity contribution in [2.75, 3.05) is 20.1 Å². The van der Waals surface area contributed by atoms with Crippen LogP contribution in [0.25, 0.3) is 0 Å². The van der Waals surface area contributed by atoms with Gasteiger partial charge in [-0.3, -0.25) is 10.3 Å². The molecule has 0 fully saturated rings. The van der Waals surface area contributed by atoms with E-state index in [0.29, 0.717) is 23.5 Å². The minimum absolute atomic E-state index is 0. The number of rotatable bonds is 4. The van der Waals surface area contributed by atoms with Crippen molar-refractivity contribution in [2.45, 2.75) is 12.2 Å². The Morgan fingerprint density at radius 1 is 1.62 bits per heavy atom. The van der Waals surface area contributed by atoms with Crippen molar-refractivity contribution in [3.63, 3.8) is 0 Å². The van der Waals surface area contributed by atoms with Crippen LogP contribution in [0.3, 0.4) is 0 Å². The predicted octanol–water partition coefficient (Wildman–Crippen LogP) is -0.521. The van der Waals surface area contributed by atoms with Gasteiger partial charge in [-0.15, -0.1) is 0 Å². The monoisotopic (exact) mass is 221 g/mol. The molecule has 0 amide bonds. The summed E-state index contributed by atoms with van der Waals surface area (Å²) in [6.07, 6.45) is 0. The third kappa shape index (κ3) is 9.57. The van der Waals surface area contributed by atoms with Gasteiger partial charge in [-0.05, 0) is 13.6 Å². The molecule has 0 rings (SSSR count). The van der Waals surface area contributed by atoms with Gasteiger partial charge in [0.25, 0.3) is 0 Å². The number of hydrogen-bond donors (Lipinski definition) is 2. The minimum Gasteiger partial charge on any atom is -0.386 e. The molecule has 0 aromatic rings. The van der Waals surface area contributed by atoms with Crippen molar-refractivity contribution in [2.24, 2.45) is 10.7 Å². The Morgan fingerprint density at radius 3 is 2.54 bits per heavy atom. The van der Waals surface area contributed by atoms with Crippen LogP contribution < -0.4 is 5.73 Å². The Kier molecular flexibility index (Phi) is 12.6. The SMILES string of the molecule is CCN(C)CC(N)=NC(=N)[CH2][Al].[K]. The first-order chi connectivity index (χ1) is 5.60. The topological polar surface area (TPSA) is 65.5 Å². The number of hydrogen-bond acceptors (Lipinski definition) is 2. The summed E-state index contributed by atoms with van der Waals surface area (Å²) < 4.78 is 0. The van der Waals surface area contributed by atoms with E-state index in [0.717, 1.165) is 6.54 Å². The molecular weight excluding hydrogens is 206 g/mol. The second-order valence-electron chi connectivity index (χ2n) is 2.58. The van der Waals surface area contributed by atoms with Crippen LogP contribution >= 0.6 is 0 Å². The summed E-state index contributed by atoms with van der Waals surface area (Å²) in [6, 6.07) is 0. The van der Waals surface area contributed by atoms with Gasteiger partial charge >= 0.3 is 0 Å². The molecule has 0 aliphatic carbocycles. The second-order valence-corrected chi connectivity index (χ2v) is 2.99. The summed E-state index contributed by atoms with van der Waals surface area (Å²) in [5.41, 5.74) is 5.58. The van der Waals surface area contributed by atoms with Crippen molar-refractivity contribution < 1.29 is 0 Å². The molecule has 0 saturated heterocycles. The third-order valence-corrected chi connectivity index (χ3v) is 1.83. The van der Waals surface area contributed by atoms with E-state index in [1.165, 1.54) is 0 Å². The minimum atomic E-state index is 0. The smallest absolute Gasteiger partial charge is 0.131 e. The van der Waals surface area contributed by atoms with Crippen LogP contribution in [0.1, 0.15) is 6.92 Å². The molecule has 0 aromatic carbocycles. The van der Waals surface area contributed by atoms with Crippen LogP contribution in [0.2, 0.25) is 5.28 Å². The largest absolute Gasteiger partial charge is 0.386 e. The number of aliphatic imine (C=N–C) groups is 1. The van der Waals surface area contributed by atoms with E-state index < -0.39 is 0 Å². The van der Waals surface area contributed by atoms with E-state index in [-0.39, 0.29) is 51.4 Å². The van der Waals surface area contributed by atoms with Crippen LogP contribution in [0.5, 0.6) is 0 Å². The number of nitrogens with one attached hydrogen (secondary N) is 1. The Labute approximate surface area is 131 Å². The zero-order valence-corrected chi connectivity index (χ0v) is 12.9. The summed E-state index contributed by atoms with van der Waals surface area (Å²) in [5, 5.41) is 7.81. The van der Waals surface area contributed by atoms with Crippen molar-refractivity contribution in [1.29, 1.82) is 5.41 Å². The predicted molar refractivity (Wildman–Crippen MR) is 58.8 cm³/mol. The maximum absolute atomic E-state index is 7.26. The summed E-state index contributed by atoms with van der Waals surface area (Å²) in [6.45, 7) is 3.61. The average Bonchev–Trinajstić information content (AvgIpc) is 2.03. The van der Waals surface area contributed by atoms with Crippen molar-refractivity contribution in [3.05, 3.63) is 0 Å². The zero-order chi connectivity index (χ0) is 9.56. The van der Waals surface area contributed by atoms with E-state index in [9.17, 15) is 0 Å². The fraction of sp³-hybridized carbons (Fsp3) is 0.714. The summed E-state index contributed by atoms with van der Waals surface area (Å²) in [4.78, 5) is 5.94. The molecule has 4 nitrogen and oxygen atoms in total. The molecule has 0 atom stereocenters. The van der Waals surface area contributed by atoms with Crippen molar-refractivity contribution in [1.82, 2.24) is 4.90 Å². The molecule has 0 heterocycles. The summed E-state index contributed by atoms with van der Waals surface area (Å²) in [7, 11) is 1.96. The van der Waals surface area contributed by atoms with E-state index in [1.54, 1.807) is 0 Å². The fourth-order valence-corrected chi connectivity index (χ4v) is 0.734. The van der Waals surface area contributed by atoms with Gasteiger partial charge in [-0.1, -0.05) is 12.2 Å². The van der Waals surface area contributed by atoms with E-state index in [4.69, 9.17) is 11.1 Å². The van der Waals surface area contributed by atoms with Gasteiger partial charge in [0.1, 0.15) is 28.0 Å². The van der Waals surface area contributed by atoms with Crippen molar-refractivity contribution >= 4 is 79.3 Å². The van der Waals surface area contributed by atoms with Gasteiger partial charge in [-0.2, -0.15) is 0 Å². The van der Waals surface area contributed by atoms with Gasteiger partial charge < -0.3 is 5.73 Å². The molecule has 0 aliphatic rings. The quantitative estimate of drug-likeness (QED) is 0.381. The molecule has 67 valence electrons. The maximum Gasteiger partial charge on any atom is 0.131 e. The van der Waals surface area contributed by atoms with Crippen LogP contribution in [-0.4, -0.2) is 104 Å². The van der Waals surface area contributed by atoms with Crippen molar-refractivity contribution in [3.8, 4) is 0 Å². The Balaban J connectivity index is 0. The van der Waals surface area contributed by atoms with Crippen LogP contribution in [0.4, 0.5) is 0 Å². The molecular formula is C7H15AlKN4. The van der Waals surface area contributed by atoms with Gasteiger partial charge in [-0.25, -0.2) is 4.99 Å². The molecule has 0 saturated carbocycles. The standard InChI is InChI=1S/C7H15N4.Al.K/c1-4-11(3)5-7(9)10-6(2)8;;/h2,4-5H2,1,3H3,(H3,8,9,10);;. The number of nitrogens with two attached hydrogens (primary N) is 1. The van der Waals surface area contributed by atoms with E-state index in [1.807, 2.05) is 18.9 Å². The Bertz CT molecular complexity index is 183. The molecule has 13 heavy (non-hydrogen) atoms.